The molecule has 0 radical (unpaired) electrons. The lowest BCUT2D eigenvalue weighted by Gasteiger charge is -2.10. The van der Waals surface area contributed by atoms with Crippen LogP contribution in [0.3, 0.4) is 0 Å². The molecule has 26 heavy (non-hydrogen) atoms. The number of para-hydroxylation sites is 2. The third-order valence-electron chi connectivity index (χ3n) is 4.47. The van der Waals surface area contributed by atoms with E-state index < -0.39 is 0 Å². The molecule has 5 heteroatoms. The first kappa shape index (κ1) is 16.5. The molecule has 4 aromatic rings. The van der Waals surface area contributed by atoms with E-state index in [0.717, 1.165) is 27.8 Å². The fourth-order valence-electron chi connectivity index (χ4n) is 3.10. The predicted octanol–water partition coefficient (Wildman–Crippen LogP) is 5.68. The third kappa shape index (κ3) is 2.91. The van der Waals surface area contributed by atoms with Crippen molar-refractivity contribution < 1.29 is 5.11 Å². The van der Waals surface area contributed by atoms with Gasteiger partial charge in [-0.2, -0.15) is 0 Å². The van der Waals surface area contributed by atoms with Gasteiger partial charge in [0.05, 0.1) is 11.1 Å². The first-order valence-electron chi connectivity index (χ1n) is 8.55. The molecule has 0 aliphatic heterocycles. The first-order valence-corrected chi connectivity index (χ1v) is 9.37. The summed E-state index contributed by atoms with van der Waals surface area (Å²) in [5.74, 6) is 0.899. The average Bonchev–Trinajstić information content (AvgIpc) is 3.00. The van der Waals surface area contributed by atoms with Gasteiger partial charge in [-0.15, -0.1) is 11.3 Å². The van der Waals surface area contributed by atoms with E-state index in [1.807, 2.05) is 12.1 Å². The van der Waals surface area contributed by atoms with Crippen molar-refractivity contribution in [2.45, 2.75) is 20.3 Å². The van der Waals surface area contributed by atoms with Crippen LogP contribution in [0.15, 0.2) is 54.9 Å². The van der Waals surface area contributed by atoms with E-state index in [-0.39, 0.29) is 5.75 Å². The second-order valence-corrected chi connectivity index (χ2v) is 7.33. The monoisotopic (exact) mass is 361 g/mol. The number of hydrogen-bond acceptors (Lipinski definition) is 5. The number of phenols is 1. The van der Waals surface area contributed by atoms with Gasteiger partial charge in [0.1, 0.15) is 22.7 Å². The first-order chi connectivity index (χ1) is 12.7. The van der Waals surface area contributed by atoms with E-state index in [4.69, 9.17) is 0 Å². The lowest BCUT2D eigenvalue weighted by molar-refractivity contribution is 0.478. The number of thiophene rings is 1. The number of nitrogens with one attached hydrogen (secondary N) is 1. The normalized spacial score (nSPS) is 11.0. The Morgan fingerprint density at radius 2 is 1.81 bits per heavy atom. The highest BCUT2D eigenvalue weighted by Crippen LogP contribution is 2.41. The van der Waals surface area contributed by atoms with Gasteiger partial charge in [-0.1, -0.05) is 43.3 Å². The number of aromatic nitrogens is 2. The van der Waals surface area contributed by atoms with Crippen LogP contribution < -0.4 is 5.32 Å². The van der Waals surface area contributed by atoms with Crippen molar-refractivity contribution >= 4 is 33.1 Å². The minimum Gasteiger partial charge on any atom is -0.506 e. The summed E-state index contributed by atoms with van der Waals surface area (Å²) < 4.78 is 0. The number of aryl methyl sites for hydroxylation is 2. The van der Waals surface area contributed by atoms with Gasteiger partial charge in [-0.25, -0.2) is 9.97 Å². The van der Waals surface area contributed by atoms with E-state index in [1.165, 1.54) is 10.4 Å². The second kappa shape index (κ2) is 6.77. The van der Waals surface area contributed by atoms with Crippen molar-refractivity contribution in [1.29, 1.82) is 0 Å². The maximum atomic E-state index is 10.1. The van der Waals surface area contributed by atoms with Crippen molar-refractivity contribution in [1.82, 2.24) is 9.97 Å². The molecular formula is C21H19N3OS. The van der Waals surface area contributed by atoms with Gasteiger partial charge in [0.2, 0.25) is 0 Å². The van der Waals surface area contributed by atoms with Crippen LogP contribution in [0, 0.1) is 6.92 Å². The Hall–Kier alpha value is -2.92. The highest BCUT2D eigenvalue weighted by molar-refractivity contribution is 7.19. The molecule has 0 saturated heterocycles. The summed E-state index contributed by atoms with van der Waals surface area (Å²) >= 11 is 1.66. The summed E-state index contributed by atoms with van der Waals surface area (Å²) in [6.07, 6.45) is 2.58. The molecular weight excluding hydrogens is 342 g/mol. The number of benzene rings is 2. The summed E-state index contributed by atoms with van der Waals surface area (Å²) in [5, 5.41) is 14.3. The van der Waals surface area contributed by atoms with E-state index >= 15 is 0 Å². The van der Waals surface area contributed by atoms with Crippen LogP contribution in [-0.4, -0.2) is 15.1 Å². The summed E-state index contributed by atoms with van der Waals surface area (Å²) in [4.78, 5) is 11.0. The standard InChI is InChI=1S/C21H19N3OS/c1-3-14-8-10-15(11-9-14)18-13(2)26-21-19(18)20(22-12-23-21)24-16-6-4-5-7-17(16)25/h4-12,25H,3H2,1-2H3,(H,22,23,24). The Balaban J connectivity index is 1.88. The van der Waals surface area contributed by atoms with Crippen LogP contribution in [0.25, 0.3) is 21.3 Å². The fraction of sp³-hybridized carbons (Fsp3) is 0.143. The molecule has 0 spiro atoms. The Morgan fingerprint density at radius 1 is 1.04 bits per heavy atom. The minimum atomic E-state index is 0.195. The van der Waals surface area contributed by atoms with Crippen molar-refractivity contribution in [2.24, 2.45) is 0 Å². The van der Waals surface area contributed by atoms with Crippen molar-refractivity contribution in [3.63, 3.8) is 0 Å². The second-order valence-electron chi connectivity index (χ2n) is 6.13. The lowest BCUT2D eigenvalue weighted by atomic mass is 10.0. The van der Waals surface area contributed by atoms with Gasteiger partial charge in [0.25, 0.3) is 0 Å². The molecule has 4 nitrogen and oxygen atoms in total. The molecule has 4 rings (SSSR count). The van der Waals surface area contributed by atoms with Gasteiger partial charge in [0.15, 0.2) is 0 Å². The molecule has 0 saturated carbocycles. The summed E-state index contributed by atoms with van der Waals surface area (Å²) in [5.41, 5.74) is 4.24. The Bertz CT molecular complexity index is 1070. The van der Waals surface area contributed by atoms with Crippen molar-refractivity contribution in [3.05, 3.63) is 65.3 Å². The van der Waals surface area contributed by atoms with E-state index in [0.29, 0.717) is 11.5 Å². The summed E-state index contributed by atoms with van der Waals surface area (Å²) in [6, 6.07) is 15.8. The zero-order chi connectivity index (χ0) is 18.1. The third-order valence-corrected chi connectivity index (χ3v) is 5.49. The number of phenolic OH excluding ortho intramolecular Hbond substituents is 1. The van der Waals surface area contributed by atoms with Crippen molar-refractivity contribution in [2.75, 3.05) is 5.32 Å². The average molecular weight is 361 g/mol. The van der Waals surface area contributed by atoms with Gasteiger partial charge in [0, 0.05) is 10.4 Å². The topological polar surface area (TPSA) is 58.0 Å². The SMILES string of the molecule is CCc1ccc(-c2c(C)sc3ncnc(Nc4ccccc4O)c23)cc1. The highest BCUT2D eigenvalue weighted by Gasteiger charge is 2.17. The van der Waals surface area contributed by atoms with Crippen LogP contribution in [-0.2, 0) is 6.42 Å². The zero-order valence-corrected chi connectivity index (χ0v) is 15.5. The molecule has 0 bridgehead atoms. The summed E-state index contributed by atoms with van der Waals surface area (Å²) in [7, 11) is 0. The number of hydrogen-bond donors (Lipinski definition) is 2. The molecule has 0 atom stereocenters. The lowest BCUT2D eigenvalue weighted by Crippen LogP contribution is -1.96. The van der Waals surface area contributed by atoms with Gasteiger partial charge in [-0.3, -0.25) is 0 Å². The fourth-order valence-corrected chi connectivity index (χ4v) is 4.11. The maximum absolute atomic E-state index is 10.1. The molecule has 0 aliphatic rings. The van der Waals surface area contributed by atoms with Gasteiger partial charge in [-0.05, 0) is 36.6 Å². The van der Waals surface area contributed by atoms with Gasteiger partial charge >= 0.3 is 0 Å². The number of nitrogens with zero attached hydrogens (tertiary/aromatic N) is 2. The molecule has 2 N–H and O–H groups in total. The van der Waals surface area contributed by atoms with Crippen LogP contribution in [0.1, 0.15) is 17.4 Å². The molecule has 2 aromatic carbocycles. The molecule has 0 aliphatic carbocycles. The minimum absolute atomic E-state index is 0.195. The number of aromatic hydroxyl groups is 1. The van der Waals surface area contributed by atoms with Crippen molar-refractivity contribution in [3.8, 4) is 16.9 Å². The van der Waals surface area contributed by atoms with Crippen LogP contribution in [0.5, 0.6) is 5.75 Å². The zero-order valence-electron chi connectivity index (χ0n) is 14.7. The molecule has 2 aromatic heterocycles. The Morgan fingerprint density at radius 3 is 2.54 bits per heavy atom. The Labute approximate surface area is 156 Å². The van der Waals surface area contributed by atoms with E-state index in [1.54, 1.807) is 29.8 Å². The number of anilines is 2. The molecule has 0 unspecified atom stereocenters. The predicted molar refractivity (Wildman–Crippen MR) is 108 cm³/mol. The number of fused-ring (bicyclic) bond motifs is 1. The van der Waals surface area contributed by atoms with Crippen LogP contribution in [0.4, 0.5) is 11.5 Å². The number of rotatable bonds is 4. The molecule has 0 fully saturated rings. The van der Waals surface area contributed by atoms with Crippen LogP contribution in [0.2, 0.25) is 0 Å². The molecule has 0 amide bonds. The highest BCUT2D eigenvalue weighted by atomic mass is 32.1. The molecule has 130 valence electrons. The molecule has 2 heterocycles. The quantitative estimate of drug-likeness (QED) is 0.459. The smallest absolute Gasteiger partial charge is 0.143 e. The Kier molecular flexibility index (Phi) is 4.31. The van der Waals surface area contributed by atoms with E-state index in [9.17, 15) is 5.11 Å². The maximum Gasteiger partial charge on any atom is 0.143 e. The van der Waals surface area contributed by atoms with E-state index in [2.05, 4.69) is 53.4 Å². The summed E-state index contributed by atoms with van der Waals surface area (Å²) in [6.45, 7) is 4.27. The largest absolute Gasteiger partial charge is 0.506 e. The van der Waals surface area contributed by atoms with Gasteiger partial charge < -0.3 is 10.4 Å². The van der Waals surface area contributed by atoms with Crippen LogP contribution >= 0.6 is 11.3 Å².